The third-order valence-corrected chi connectivity index (χ3v) is 6.71. The molecule has 0 radical (unpaired) electrons. The third-order valence-electron chi connectivity index (χ3n) is 4.48. The van der Waals surface area contributed by atoms with Crippen molar-refractivity contribution in [3.05, 3.63) is 28.8 Å². The molecule has 0 aromatic heterocycles. The van der Waals surface area contributed by atoms with Crippen molar-refractivity contribution in [2.24, 2.45) is 11.7 Å². The molecule has 1 aromatic rings. The molecule has 0 aliphatic carbocycles. The zero-order valence-electron chi connectivity index (χ0n) is 13.4. The highest BCUT2D eigenvalue weighted by Gasteiger charge is 2.37. The maximum absolute atomic E-state index is 13.1. The SMILES string of the molecule is Cc1cc(C)c(S(=O)(=O)N2CCCC(C)C2CN)c(C)c1. The second-order valence-corrected chi connectivity index (χ2v) is 8.09. The number of rotatable bonds is 3. The van der Waals surface area contributed by atoms with Gasteiger partial charge in [-0.05, 0) is 50.7 Å². The first-order valence-corrected chi connectivity index (χ1v) is 9.02. The van der Waals surface area contributed by atoms with E-state index in [-0.39, 0.29) is 6.04 Å². The van der Waals surface area contributed by atoms with Crippen molar-refractivity contribution in [1.29, 1.82) is 0 Å². The molecule has 118 valence electrons. The van der Waals surface area contributed by atoms with Crippen molar-refractivity contribution >= 4 is 10.0 Å². The first-order valence-electron chi connectivity index (χ1n) is 7.58. The van der Waals surface area contributed by atoms with Gasteiger partial charge in [-0.15, -0.1) is 0 Å². The molecular weight excluding hydrogens is 284 g/mol. The summed E-state index contributed by atoms with van der Waals surface area (Å²) in [6, 6.07) is 3.78. The van der Waals surface area contributed by atoms with Crippen LogP contribution in [0.3, 0.4) is 0 Å². The van der Waals surface area contributed by atoms with Crippen LogP contribution in [-0.4, -0.2) is 31.9 Å². The Labute approximate surface area is 128 Å². The Morgan fingerprint density at radius 2 is 1.81 bits per heavy atom. The summed E-state index contributed by atoms with van der Waals surface area (Å²) in [5.74, 6) is 0.310. The number of aryl methyl sites for hydroxylation is 3. The summed E-state index contributed by atoms with van der Waals surface area (Å²) in [4.78, 5) is 0.459. The topological polar surface area (TPSA) is 63.4 Å². The molecule has 21 heavy (non-hydrogen) atoms. The first kappa shape index (κ1) is 16.5. The molecule has 0 bridgehead atoms. The highest BCUT2D eigenvalue weighted by atomic mass is 32.2. The summed E-state index contributed by atoms with van der Waals surface area (Å²) < 4.78 is 27.9. The average Bonchev–Trinajstić information content (AvgIpc) is 2.36. The van der Waals surface area contributed by atoms with Gasteiger partial charge < -0.3 is 5.73 Å². The monoisotopic (exact) mass is 310 g/mol. The van der Waals surface area contributed by atoms with Crippen molar-refractivity contribution in [3.63, 3.8) is 0 Å². The lowest BCUT2D eigenvalue weighted by Gasteiger charge is -2.38. The van der Waals surface area contributed by atoms with Gasteiger partial charge >= 0.3 is 0 Å². The summed E-state index contributed by atoms with van der Waals surface area (Å²) >= 11 is 0. The average molecular weight is 310 g/mol. The van der Waals surface area contributed by atoms with E-state index in [0.29, 0.717) is 23.9 Å². The smallest absolute Gasteiger partial charge is 0.243 e. The Hall–Kier alpha value is -0.910. The standard InChI is InChI=1S/C16H26N2O2S/c1-11-8-13(3)16(14(4)9-11)21(19,20)18-7-5-6-12(2)15(18)10-17/h8-9,12,15H,5-7,10,17H2,1-4H3. The van der Waals surface area contributed by atoms with Gasteiger partial charge in [-0.1, -0.05) is 24.6 Å². The van der Waals surface area contributed by atoms with Crippen molar-refractivity contribution in [2.45, 2.75) is 51.5 Å². The quantitative estimate of drug-likeness (QED) is 0.932. The molecule has 2 atom stereocenters. The molecule has 1 aliphatic rings. The zero-order valence-corrected chi connectivity index (χ0v) is 14.2. The van der Waals surface area contributed by atoms with Crippen LogP contribution < -0.4 is 5.73 Å². The van der Waals surface area contributed by atoms with Gasteiger partial charge in [0.15, 0.2) is 0 Å². The molecule has 2 unspecified atom stereocenters. The van der Waals surface area contributed by atoms with Gasteiger partial charge in [0, 0.05) is 19.1 Å². The lowest BCUT2D eigenvalue weighted by molar-refractivity contribution is 0.192. The second-order valence-electron chi connectivity index (χ2n) is 6.27. The van der Waals surface area contributed by atoms with Crippen LogP contribution in [0.1, 0.15) is 36.5 Å². The van der Waals surface area contributed by atoms with Gasteiger partial charge in [0.05, 0.1) is 4.90 Å². The molecule has 1 heterocycles. The van der Waals surface area contributed by atoms with E-state index in [0.717, 1.165) is 29.5 Å². The Bertz CT molecular complexity index is 602. The predicted molar refractivity (Wildman–Crippen MR) is 85.8 cm³/mol. The van der Waals surface area contributed by atoms with Gasteiger partial charge in [0.1, 0.15) is 0 Å². The number of nitrogens with two attached hydrogens (primary N) is 1. The fourth-order valence-corrected chi connectivity index (χ4v) is 5.74. The van der Waals surface area contributed by atoms with E-state index in [1.165, 1.54) is 0 Å². The van der Waals surface area contributed by atoms with Crippen LogP contribution in [0, 0.1) is 26.7 Å². The Morgan fingerprint density at radius 3 is 2.33 bits per heavy atom. The van der Waals surface area contributed by atoms with Crippen LogP contribution in [0.5, 0.6) is 0 Å². The molecule has 1 fully saturated rings. The van der Waals surface area contributed by atoms with Crippen molar-refractivity contribution in [1.82, 2.24) is 4.31 Å². The van der Waals surface area contributed by atoms with Gasteiger partial charge in [-0.2, -0.15) is 4.31 Å². The summed E-state index contributed by atoms with van der Waals surface area (Å²) in [5, 5.41) is 0. The largest absolute Gasteiger partial charge is 0.329 e. The Kier molecular flexibility index (Phi) is 4.76. The third kappa shape index (κ3) is 3.00. The van der Waals surface area contributed by atoms with Crippen LogP contribution in [0.25, 0.3) is 0 Å². The van der Waals surface area contributed by atoms with E-state index in [2.05, 4.69) is 6.92 Å². The number of hydrogen-bond acceptors (Lipinski definition) is 3. The van der Waals surface area contributed by atoms with Crippen molar-refractivity contribution in [3.8, 4) is 0 Å². The molecule has 1 saturated heterocycles. The molecule has 1 aromatic carbocycles. The highest BCUT2D eigenvalue weighted by Crippen LogP contribution is 2.31. The molecule has 0 spiro atoms. The van der Waals surface area contributed by atoms with E-state index in [4.69, 9.17) is 5.73 Å². The number of piperidine rings is 1. The van der Waals surface area contributed by atoms with Crippen LogP contribution >= 0.6 is 0 Å². The van der Waals surface area contributed by atoms with Crippen molar-refractivity contribution < 1.29 is 8.42 Å². The molecule has 1 aliphatic heterocycles. The number of benzene rings is 1. The Morgan fingerprint density at radius 1 is 1.24 bits per heavy atom. The fraction of sp³-hybridized carbons (Fsp3) is 0.625. The Balaban J connectivity index is 2.51. The van der Waals surface area contributed by atoms with E-state index in [9.17, 15) is 8.42 Å². The minimum atomic E-state index is -3.48. The fourth-order valence-electron chi connectivity index (χ4n) is 3.55. The van der Waals surface area contributed by atoms with Gasteiger partial charge in [0.2, 0.25) is 10.0 Å². The molecule has 0 amide bonds. The zero-order chi connectivity index (χ0) is 15.8. The van der Waals surface area contributed by atoms with Crippen LogP contribution in [0.2, 0.25) is 0 Å². The number of hydrogen-bond donors (Lipinski definition) is 1. The first-order chi connectivity index (χ1) is 9.78. The summed E-state index contributed by atoms with van der Waals surface area (Å²) in [5.41, 5.74) is 8.58. The highest BCUT2D eigenvalue weighted by molar-refractivity contribution is 7.89. The maximum atomic E-state index is 13.1. The van der Waals surface area contributed by atoms with E-state index >= 15 is 0 Å². The molecule has 2 rings (SSSR count). The van der Waals surface area contributed by atoms with Crippen LogP contribution in [0.15, 0.2) is 17.0 Å². The number of nitrogens with zero attached hydrogens (tertiary/aromatic N) is 1. The number of sulfonamides is 1. The lowest BCUT2D eigenvalue weighted by Crippen LogP contribution is -2.51. The van der Waals surface area contributed by atoms with Crippen molar-refractivity contribution in [2.75, 3.05) is 13.1 Å². The van der Waals surface area contributed by atoms with E-state index < -0.39 is 10.0 Å². The van der Waals surface area contributed by atoms with E-state index in [1.54, 1.807) is 4.31 Å². The molecule has 2 N–H and O–H groups in total. The summed E-state index contributed by atoms with van der Waals surface area (Å²) in [6.45, 7) is 8.77. The minimum absolute atomic E-state index is 0.0937. The molecular formula is C16H26N2O2S. The minimum Gasteiger partial charge on any atom is -0.329 e. The molecule has 4 nitrogen and oxygen atoms in total. The second kappa shape index (κ2) is 6.07. The van der Waals surface area contributed by atoms with E-state index in [1.807, 2.05) is 32.9 Å². The maximum Gasteiger partial charge on any atom is 0.243 e. The predicted octanol–water partition coefficient (Wildman–Crippen LogP) is 2.36. The summed E-state index contributed by atoms with van der Waals surface area (Å²) in [6.07, 6.45) is 1.95. The van der Waals surface area contributed by atoms with Gasteiger partial charge in [-0.3, -0.25) is 0 Å². The summed E-state index contributed by atoms with van der Waals surface area (Å²) in [7, 11) is -3.48. The van der Waals surface area contributed by atoms with Crippen LogP contribution in [0.4, 0.5) is 0 Å². The normalized spacial score (nSPS) is 24.2. The van der Waals surface area contributed by atoms with Crippen LogP contribution in [-0.2, 0) is 10.0 Å². The van der Waals surface area contributed by atoms with Gasteiger partial charge in [-0.25, -0.2) is 8.42 Å². The van der Waals surface area contributed by atoms with Gasteiger partial charge in [0.25, 0.3) is 0 Å². The lowest BCUT2D eigenvalue weighted by atomic mass is 9.93. The molecule has 0 saturated carbocycles. The molecule has 5 heteroatoms.